The molecule has 44 heavy (non-hydrogen) atoms. The molecule has 0 bridgehead atoms. The maximum absolute atomic E-state index is 5.32. The Balaban J connectivity index is 1.41. The van der Waals surface area contributed by atoms with E-state index in [9.17, 15) is 0 Å². The summed E-state index contributed by atoms with van der Waals surface area (Å²) < 4.78 is 0. The second-order valence-electron chi connectivity index (χ2n) is 11.4. The molecule has 0 saturated heterocycles. The van der Waals surface area contributed by atoms with Gasteiger partial charge in [0.05, 0.1) is 16.7 Å². The molecule has 0 atom stereocenters. The van der Waals surface area contributed by atoms with Gasteiger partial charge in [-0.25, -0.2) is 4.98 Å². The third kappa shape index (κ3) is 3.82. The second-order valence-corrected chi connectivity index (χ2v) is 11.4. The van der Waals surface area contributed by atoms with Gasteiger partial charge >= 0.3 is 0 Å². The van der Waals surface area contributed by atoms with Crippen molar-refractivity contribution < 1.29 is 0 Å². The van der Waals surface area contributed by atoms with Crippen LogP contribution in [0.5, 0.6) is 0 Å². The first kappa shape index (κ1) is 24.7. The fourth-order valence-corrected chi connectivity index (χ4v) is 6.86. The Morgan fingerprint density at radius 3 is 1.57 bits per heavy atom. The minimum Gasteiger partial charge on any atom is -0.254 e. The van der Waals surface area contributed by atoms with Crippen molar-refractivity contribution in [1.29, 1.82) is 0 Å². The Hall–Kier alpha value is -5.86. The van der Waals surface area contributed by atoms with Crippen LogP contribution in [0.2, 0.25) is 0 Å². The lowest BCUT2D eigenvalue weighted by Crippen LogP contribution is -1.95. The highest BCUT2D eigenvalue weighted by Gasteiger charge is 2.20. The standard InChI is InChI=1S/C42H26N2/c1-2-11-27(12-3-1)36-25-30-13-4-5-14-31(30)26-37(36)39-32-16-6-8-18-34(32)40(35-19-9-7-17-33(35)39)38-23-22-29-21-20-28-15-10-24-43-41(28)42(29)44-38/h1-26H. The van der Waals surface area contributed by atoms with Crippen molar-refractivity contribution in [2.24, 2.45) is 0 Å². The molecule has 2 nitrogen and oxygen atoms in total. The molecule has 0 amide bonds. The molecule has 0 radical (unpaired) electrons. The smallest absolute Gasteiger partial charge is 0.0972 e. The summed E-state index contributed by atoms with van der Waals surface area (Å²) in [5.41, 5.74) is 8.88. The van der Waals surface area contributed by atoms with E-state index in [0.29, 0.717) is 0 Å². The fraction of sp³-hybridized carbons (Fsp3) is 0. The number of hydrogen-bond acceptors (Lipinski definition) is 2. The first-order valence-electron chi connectivity index (χ1n) is 15.0. The van der Waals surface area contributed by atoms with E-state index in [-0.39, 0.29) is 0 Å². The first-order chi connectivity index (χ1) is 21.8. The molecular formula is C42H26N2. The zero-order valence-electron chi connectivity index (χ0n) is 23.9. The highest BCUT2D eigenvalue weighted by Crippen LogP contribution is 2.46. The van der Waals surface area contributed by atoms with Crippen LogP contribution in [0, 0.1) is 0 Å². The molecule has 0 saturated carbocycles. The number of aromatic nitrogens is 2. The van der Waals surface area contributed by atoms with Gasteiger partial charge in [-0.3, -0.25) is 4.98 Å². The predicted molar refractivity (Wildman–Crippen MR) is 186 cm³/mol. The topological polar surface area (TPSA) is 25.8 Å². The van der Waals surface area contributed by atoms with Crippen LogP contribution in [-0.2, 0) is 0 Å². The van der Waals surface area contributed by atoms with Crippen molar-refractivity contribution in [3.05, 3.63) is 158 Å². The number of fused-ring (bicyclic) bond motifs is 6. The quantitative estimate of drug-likeness (QED) is 0.159. The monoisotopic (exact) mass is 558 g/mol. The Morgan fingerprint density at radius 1 is 0.364 bits per heavy atom. The van der Waals surface area contributed by atoms with Gasteiger partial charge in [0.2, 0.25) is 0 Å². The maximum Gasteiger partial charge on any atom is 0.0972 e. The van der Waals surface area contributed by atoms with E-state index in [2.05, 4.69) is 146 Å². The van der Waals surface area contributed by atoms with E-state index in [4.69, 9.17) is 9.97 Å². The largest absolute Gasteiger partial charge is 0.254 e. The van der Waals surface area contributed by atoms with Gasteiger partial charge in [-0.1, -0.05) is 127 Å². The van der Waals surface area contributed by atoms with E-state index in [1.54, 1.807) is 0 Å². The molecule has 0 N–H and O–H groups in total. The van der Waals surface area contributed by atoms with Gasteiger partial charge in [0.15, 0.2) is 0 Å². The summed E-state index contributed by atoms with van der Waals surface area (Å²) in [5, 5.41) is 9.46. The van der Waals surface area contributed by atoms with Crippen molar-refractivity contribution in [3.8, 4) is 33.5 Å². The third-order valence-corrected chi connectivity index (χ3v) is 8.86. The molecule has 0 spiro atoms. The van der Waals surface area contributed by atoms with Gasteiger partial charge < -0.3 is 0 Å². The molecule has 0 fully saturated rings. The number of rotatable bonds is 3. The molecule has 0 aliphatic carbocycles. The summed E-state index contributed by atoms with van der Waals surface area (Å²) in [6, 6.07) is 54.4. The Bertz CT molecular complexity index is 2490. The molecule has 2 heteroatoms. The summed E-state index contributed by atoms with van der Waals surface area (Å²) in [6.45, 7) is 0. The zero-order valence-corrected chi connectivity index (χ0v) is 23.9. The zero-order chi connectivity index (χ0) is 29.0. The average molecular weight is 559 g/mol. The van der Waals surface area contributed by atoms with E-state index >= 15 is 0 Å². The number of benzene rings is 7. The van der Waals surface area contributed by atoms with Crippen molar-refractivity contribution in [1.82, 2.24) is 9.97 Å². The van der Waals surface area contributed by atoms with E-state index < -0.39 is 0 Å². The summed E-state index contributed by atoms with van der Waals surface area (Å²) in [6.07, 6.45) is 1.85. The molecule has 9 aromatic rings. The molecule has 7 aromatic carbocycles. The van der Waals surface area contributed by atoms with Crippen LogP contribution in [0.3, 0.4) is 0 Å². The van der Waals surface area contributed by atoms with Crippen LogP contribution >= 0.6 is 0 Å². The highest BCUT2D eigenvalue weighted by atomic mass is 14.8. The Kier molecular flexibility index (Phi) is 5.54. The van der Waals surface area contributed by atoms with Crippen molar-refractivity contribution in [3.63, 3.8) is 0 Å². The minimum atomic E-state index is 0.929. The fourth-order valence-electron chi connectivity index (χ4n) is 6.86. The van der Waals surface area contributed by atoms with Gasteiger partial charge in [0.1, 0.15) is 0 Å². The van der Waals surface area contributed by atoms with Crippen LogP contribution in [0.1, 0.15) is 0 Å². The second kappa shape index (κ2) is 9.86. The van der Waals surface area contributed by atoms with Crippen LogP contribution in [0.4, 0.5) is 0 Å². The lowest BCUT2D eigenvalue weighted by molar-refractivity contribution is 1.38. The minimum absolute atomic E-state index is 0.929. The van der Waals surface area contributed by atoms with Crippen LogP contribution < -0.4 is 0 Å². The molecule has 204 valence electrons. The normalized spacial score (nSPS) is 11.6. The molecule has 9 rings (SSSR count). The van der Waals surface area contributed by atoms with Crippen molar-refractivity contribution >= 4 is 54.1 Å². The van der Waals surface area contributed by atoms with Gasteiger partial charge in [-0.2, -0.15) is 0 Å². The first-order valence-corrected chi connectivity index (χ1v) is 15.0. The molecule has 2 aromatic heterocycles. The van der Waals surface area contributed by atoms with E-state index in [1.165, 1.54) is 54.6 Å². The van der Waals surface area contributed by atoms with Crippen LogP contribution in [-0.4, -0.2) is 9.97 Å². The predicted octanol–water partition coefficient (Wildman–Crippen LogP) is 11.2. The van der Waals surface area contributed by atoms with Crippen LogP contribution in [0.15, 0.2) is 158 Å². The van der Waals surface area contributed by atoms with Crippen molar-refractivity contribution in [2.45, 2.75) is 0 Å². The number of hydrogen-bond donors (Lipinski definition) is 0. The van der Waals surface area contributed by atoms with Gasteiger partial charge in [0, 0.05) is 22.5 Å². The maximum atomic E-state index is 5.32. The van der Waals surface area contributed by atoms with E-state index in [0.717, 1.165) is 33.1 Å². The Labute approximate surface area is 254 Å². The van der Waals surface area contributed by atoms with Gasteiger partial charge in [0.25, 0.3) is 0 Å². The van der Waals surface area contributed by atoms with Gasteiger partial charge in [-0.15, -0.1) is 0 Å². The molecule has 0 aliphatic rings. The number of pyridine rings is 2. The average Bonchev–Trinajstić information content (AvgIpc) is 3.10. The van der Waals surface area contributed by atoms with Crippen LogP contribution in [0.25, 0.3) is 87.6 Å². The summed E-state index contributed by atoms with van der Waals surface area (Å²) in [7, 11) is 0. The summed E-state index contributed by atoms with van der Waals surface area (Å²) in [5.74, 6) is 0. The van der Waals surface area contributed by atoms with Crippen molar-refractivity contribution in [2.75, 3.05) is 0 Å². The van der Waals surface area contributed by atoms with E-state index in [1.807, 2.05) is 12.3 Å². The van der Waals surface area contributed by atoms with Gasteiger partial charge in [-0.05, 0) is 78.8 Å². The molecule has 0 aliphatic heterocycles. The molecular weight excluding hydrogens is 532 g/mol. The highest BCUT2D eigenvalue weighted by molar-refractivity contribution is 6.23. The Morgan fingerprint density at radius 2 is 0.886 bits per heavy atom. The number of nitrogens with zero attached hydrogens (tertiary/aromatic N) is 2. The molecule has 0 unspecified atom stereocenters. The summed E-state index contributed by atoms with van der Waals surface area (Å²) in [4.78, 5) is 10.0. The summed E-state index contributed by atoms with van der Waals surface area (Å²) >= 11 is 0. The lowest BCUT2D eigenvalue weighted by atomic mass is 9.83. The molecule has 2 heterocycles. The lowest BCUT2D eigenvalue weighted by Gasteiger charge is -2.20. The third-order valence-electron chi connectivity index (χ3n) is 8.86. The SMILES string of the molecule is c1ccc(-c2cc3ccccc3cc2-c2c3ccccc3c(-c3ccc4ccc5cccnc5c4n3)c3ccccc23)cc1.